The summed E-state index contributed by atoms with van der Waals surface area (Å²) in [4.78, 5) is 47.2. The third kappa shape index (κ3) is 24.8. The SMILES string of the molecule is C=CC(=O)Nc1cccc(-c2cnc3[nH]cc(-c4cccc(S(=O)(=O)N(C)C)c4)c3c2)c1.C=CC(=O)Nc1cccc(B(O)O)c1.CN(C)S(=O)(=O)c1cccc(-c2c[nH]c3ncc(Br)cc23)c1.CN(C)S(=O)(=O)c1cccc(B(O)O)c1.Cc1ccc(S(=O)(=O)n2cc(-c3cccc(S(=O)(=O)N(C)C)c3)c3cc(Br)cnc32)cc1.Cc1ccc(S(=O)(=O)n2cc(I)c3cc(Br)cnc32)cc1. The van der Waals surface area contributed by atoms with Gasteiger partial charge in [0.1, 0.15) is 11.3 Å². The summed E-state index contributed by atoms with van der Waals surface area (Å²) in [6, 6.07) is 60.4. The number of benzene rings is 8. The number of aryl methyl sites for hydroxylation is 2. The second-order valence-electron chi connectivity index (χ2n) is 30.5. The Morgan fingerprint density at radius 1 is 0.382 bits per heavy atom. The fourth-order valence-corrected chi connectivity index (χ4v) is 21.3. The Hall–Kier alpha value is -11.4. The van der Waals surface area contributed by atoms with Crippen LogP contribution in [0.5, 0.6) is 0 Å². The van der Waals surface area contributed by atoms with Crippen LogP contribution < -0.4 is 21.6 Å². The van der Waals surface area contributed by atoms with Gasteiger partial charge in [-0.25, -0.2) is 95.6 Å². The van der Waals surface area contributed by atoms with Crippen molar-refractivity contribution in [2.24, 2.45) is 0 Å². The maximum absolute atomic E-state index is 13.4. The molecule has 0 spiro atoms. The summed E-state index contributed by atoms with van der Waals surface area (Å²) in [5.41, 5.74) is 12.0. The van der Waals surface area contributed by atoms with E-state index in [1.165, 1.54) is 130 Å². The molecule has 8 aromatic carbocycles. The molecule has 16 rings (SSSR count). The summed E-state index contributed by atoms with van der Waals surface area (Å²) < 4.78 is 161. The molecule has 0 radical (unpaired) electrons. The number of aromatic amines is 2. The van der Waals surface area contributed by atoms with Gasteiger partial charge in [0.25, 0.3) is 20.0 Å². The second kappa shape index (κ2) is 44.4. The van der Waals surface area contributed by atoms with Crippen LogP contribution in [-0.4, -0.2) is 208 Å². The van der Waals surface area contributed by atoms with Crippen molar-refractivity contribution >= 4 is 223 Å². The Balaban J connectivity index is 0.000000161. The average molecular weight is 2260 g/mol. The van der Waals surface area contributed by atoms with Crippen LogP contribution in [0, 0.1) is 17.4 Å². The number of halogens is 4. The molecular weight excluding hydrogens is 2170 g/mol. The number of nitrogens with one attached hydrogen (secondary N) is 4. The Labute approximate surface area is 826 Å². The van der Waals surface area contributed by atoms with Crippen molar-refractivity contribution in [3.8, 4) is 44.5 Å². The molecule has 0 aliphatic rings. The third-order valence-electron chi connectivity index (χ3n) is 20.3. The van der Waals surface area contributed by atoms with Crippen molar-refractivity contribution in [1.29, 1.82) is 0 Å². The third-order valence-corrected chi connectivity index (χ3v) is 33.0. The van der Waals surface area contributed by atoms with E-state index in [4.69, 9.17) is 20.1 Å². The predicted molar refractivity (Wildman–Crippen MR) is 550 cm³/mol. The molecule has 136 heavy (non-hydrogen) atoms. The van der Waals surface area contributed by atoms with Gasteiger partial charge >= 0.3 is 14.2 Å². The summed E-state index contributed by atoms with van der Waals surface area (Å²) in [6.07, 6.45) is 15.7. The standard InChI is InChI=1S/C24H22N4O3S.C22H20BrN3O4S2.C15H14BrN3O2S.C14H10BrIN2O2S.C9H10BNO3.C8H12BNO4S/c1-4-23(29)27-19-9-5-7-16(11-19)18-13-21-22(15-26-24(21)25-14-18)17-8-6-10-20(12-17)32(30,31)28(2)3;1-15-7-9-18(10-8-15)32(29,30)26-14-21(20-12-17(23)13-24-22(20)26)16-5-4-6-19(11-16)31(27,28)25(2)3;1-19(2)22(20,21)12-5-3-4-10(6-12)14-9-18-15-13(14)7-11(16)8-17-15;1-9-2-4-11(5-3-9)21(19,20)18-8-13(16)12-6-10(15)7-17-14(12)18;1-2-9(12)11-8-5-3-4-7(6-8)10(13)14;1-10(2)15(13,14)8-5-3-4-7(6-8)9(11)12/h4-15H,1H2,2-3H3,(H,25,26)(H,27,29);4-14H,1-3H3;3-9H,1-2H3,(H,17,18);2-8H,1H3;2-6,13-14H,1H2,(H,11,12);3-6,11-12H,1-2H3. The number of nitrogens with zero attached hydrogens (tertiary/aromatic N) is 10. The first-order valence-corrected chi connectivity index (χ1v) is 52.3. The second-order valence-corrected chi connectivity index (χ2v) is 46.7. The molecule has 44 heteroatoms. The van der Waals surface area contributed by atoms with Crippen LogP contribution >= 0.6 is 70.4 Å². The van der Waals surface area contributed by atoms with Crippen LogP contribution in [0.25, 0.3) is 88.6 Å². The molecule has 0 unspecified atom stereocenters. The molecule has 0 bridgehead atoms. The van der Waals surface area contributed by atoms with Gasteiger partial charge in [-0.1, -0.05) is 121 Å². The van der Waals surface area contributed by atoms with Gasteiger partial charge in [-0.15, -0.1) is 0 Å². The van der Waals surface area contributed by atoms with Gasteiger partial charge in [-0.05, 0) is 251 Å². The lowest BCUT2D eigenvalue weighted by atomic mass is 9.80. The minimum Gasteiger partial charge on any atom is -0.423 e. The van der Waals surface area contributed by atoms with E-state index in [0.29, 0.717) is 49.1 Å². The van der Waals surface area contributed by atoms with E-state index in [1.54, 1.807) is 152 Å². The number of carbonyl (C=O) groups is 2. The number of H-pyrrole nitrogens is 2. The number of sulfonamides is 4. The van der Waals surface area contributed by atoms with Gasteiger partial charge in [0.2, 0.25) is 51.9 Å². The van der Waals surface area contributed by atoms with E-state index in [-0.39, 0.29) is 52.3 Å². The monoisotopic (exact) mass is 2250 g/mol. The number of hydrogen-bond acceptors (Lipinski definition) is 22. The molecule has 0 atom stereocenters. The van der Waals surface area contributed by atoms with Crippen molar-refractivity contribution in [3.05, 3.63) is 321 Å². The van der Waals surface area contributed by atoms with Crippen molar-refractivity contribution in [2.45, 2.75) is 43.2 Å². The highest BCUT2D eigenvalue weighted by molar-refractivity contribution is 14.1. The van der Waals surface area contributed by atoms with Crippen LogP contribution in [0.4, 0.5) is 11.4 Å². The van der Waals surface area contributed by atoms with Gasteiger partial charge in [0.05, 0.1) is 29.4 Å². The zero-order valence-corrected chi connectivity index (χ0v) is 85.9. The first kappa shape index (κ1) is 105. The number of rotatable bonds is 22. The molecule has 8 heterocycles. The lowest BCUT2D eigenvalue weighted by Crippen LogP contribution is -2.31. The summed E-state index contributed by atoms with van der Waals surface area (Å²) in [6.45, 7) is 10.6. The fourth-order valence-electron chi connectivity index (χ4n) is 13.0. The molecule has 8 aromatic heterocycles. The lowest BCUT2D eigenvalue weighted by molar-refractivity contribution is -0.112. The first-order valence-electron chi connectivity index (χ1n) is 40.2. The van der Waals surface area contributed by atoms with Crippen LogP contribution in [-0.2, 0) is 69.7 Å². The van der Waals surface area contributed by atoms with E-state index in [2.05, 4.69) is 124 Å². The Morgan fingerprint density at radius 3 is 1.15 bits per heavy atom. The number of hydrogen-bond donors (Lipinski definition) is 8. The first-order chi connectivity index (χ1) is 64.1. The molecule has 0 fully saturated rings. The van der Waals surface area contributed by atoms with Crippen LogP contribution in [0.15, 0.2) is 336 Å². The Kier molecular flexibility index (Phi) is 34.3. The fraction of sp³-hybridized carbons (Fsp3) is 0.109. The summed E-state index contributed by atoms with van der Waals surface area (Å²) in [7, 11) is -13.1. The molecule has 0 aliphatic carbocycles. The van der Waals surface area contributed by atoms with Crippen molar-refractivity contribution in [3.63, 3.8) is 0 Å². The topological polar surface area (TPSA) is 450 Å². The van der Waals surface area contributed by atoms with Crippen LogP contribution in [0.1, 0.15) is 11.1 Å². The summed E-state index contributed by atoms with van der Waals surface area (Å²) in [5, 5.41) is 44.0. The van der Waals surface area contributed by atoms with Gasteiger partial charge in [0, 0.05) is 178 Å². The molecule has 2 amide bonds. The average Bonchev–Trinajstić information content (AvgIpc) is 1.59. The Morgan fingerprint density at radius 2 is 0.721 bits per heavy atom. The van der Waals surface area contributed by atoms with Crippen molar-refractivity contribution < 1.29 is 80.2 Å². The lowest BCUT2D eigenvalue weighted by Gasteiger charge is -2.12. The number of aromatic nitrogens is 8. The maximum atomic E-state index is 13.4. The predicted octanol–water partition coefficient (Wildman–Crippen LogP) is 13.8. The van der Waals surface area contributed by atoms with Gasteiger partial charge in [0.15, 0.2) is 11.3 Å². The zero-order chi connectivity index (χ0) is 99.4. The van der Waals surface area contributed by atoms with Gasteiger partial charge in [-0.3, -0.25) is 9.59 Å². The Bertz CT molecular complexity index is 7960. The van der Waals surface area contributed by atoms with E-state index in [0.717, 1.165) is 97.5 Å². The van der Waals surface area contributed by atoms with E-state index in [1.807, 2.05) is 74.8 Å². The number of amides is 2. The van der Waals surface area contributed by atoms with Crippen molar-refractivity contribution in [2.75, 3.05) is 67.0 Å². The number of fused-ring (bicyclic) bond motifs is 4. The van der Waals surface area contributed by atoms with Gasteiger partial charge < -0.3 is 40.7 Å². The quantitative estimate of drug-likeness (QED) is 0.0177. The highest BCUT2D eigenvalue weighted by Crippen LogP contribution is 2.38. The van der Waals surface area contributed by atoms with Crippen LogP contribution in [0.3, 0.4) is 0 Å². The molecule has 704 valence electrons. The minimum absolute atomic E-state index is 0.0399. The molecule has 0 aliphatic heterocycles. The number of anilines is 2. The minimum atomic E-state index is -3.92. The zero-order valence-electron chi connectivity index (χ0n) is 74.1. The van der Waals surface area contributed by atoms with Gasteiger partial charge in [-0.2, -0.15) is 0 Å². The molecule has 8 N–H and O–H groups in total. The van der Waals surface area contributed by atoms with Crippen LogP contribution in [0.2, 0.25) is 0 Å². The number of carbonyl (C=O) groups excluding carboxylic acids is 2. The highest BCUT2D eigenvalue weighted by Gasteiger charge is 2.29. The summed E-state index contributed by atoms with van der Waals surface area (Å²) >= 11 is 12.3. The normalized spacial score (nSPS) is 11.8. The molecular formula is C92H88B2Br3IN14O18S6. The maximum Gasteiger partial charge on any atom is 0.488 e. The highest BCUT2D eigenvalue weighted by atomic mass is 127. The van der Waals surface area contributed by atoms with E-state index in [9.17, 15) is 60.1 Å². The van der Waals surface area contributed by atoms with Crippen molar-refractivity contribution in [1.82, 2.24) is 55.1 Å². The molecule has 32 nitrogen and oxygen atoms in total. The summed E-state index contributed by atoms with van der Waals surface area (Å²) in [5.74, 6) is -0.620. The molecule has 16 aromatic rings. The molecule has 0 saturated heterocycles. The molecule has 0 saturated carbocycles. The van der Waals surface area contributed by atoms with E-state index >= 15 is 0 Å². The smallest absolute Gasteiger partial charge is 0.423 e. The van der Waals surface area contributed by atoms with E-state index < -0.39 is 74.4 Å². The number of pyridine rings is 4. The largest absolute Gasteiger partial charge is 0.488 e.